The number of aromatic nitrogens is 1. The van der Waals surface area contributed by atoms with E-state index in [-0.39, 0.29) is 11.9 Å². The second-order valence-corrected chi connectivity index (χ2v) is 6.21. The molecule has 0 saturated heterocycles. The van der Waals surface area contributed by atoms with Gasteiger partial charge in [-0.3, -0.25) is 4.79 Å². The van der Waals surface area contributed by atoms with Crippen LogP contribution in [0.1, 0.15) is 29.0 Å². The van der Waals surface area contributed by atoms with Crippen LogP contribution in [0.25, 0.3) is 10.9 Å². The van der Waals surface area contributed by atoms with E-state index in [9.17, 15) is 4.79 Å². The van der Waals surface area contributed by atoms with E-state index >= 15 is 0 Å². The number of ether oxygens (including phenoxy) is 1. The van der Waals surface area contributed by atoms with Gasteiger partial charge in [-0.25, -0.2) is 0 Å². The topological polar surface area (TPSA) is 54.1 Å². The number of methoxy groups -OCH3 is 1. The van der Waals surface area contributed by atoms with Crippen LogP contribution in [0.5, 0.6) is 5.75 Å². The molecule has 0 spiro atoms. The number of aromatic amines is 1. The van der Waals surface area contributed by atoms with Crippen molar-refractivity contribution in [2.45, 2.75) is 13.0 Å². The van der Waals surface area contributed by atoms with Gasteiger partial charge >= 0.3 is 0 Å². The Labute approximate surface area is 143 Å². The molecule has 23 heavy (non-hydrogen) atoms. The fourth-order valence-corrected chi connectivity index (χ4v) is 3.06. The molecule has 1 atom stereocenters. The lowest BCUT2D eigenvalue weighted by Gasteiger charge is -2.15. The highest BCUT2D eigenvalue weighted by Gasteiger charge is 2.14. The quantitative estimate of drug-likeness (QED) is 0.711. The fourth-order valence-electron chi connectivity index (χ4n) is 2.51. The van der Waals surface area contributed by atoms with Crippen molar-refractivity contribution >= 4 is 32.7 Å². The van der Waals surface area contributed by atoms with Gasteiger partial charge in [0, 0.05) is 10.9 Å². The molecule has 5 heteroatoms. The van der Waals surface area contributed by atoms with E-state index in [4.69, 9.17) is 4.74 Å². The molecule has 0 radical (unpaired) electrons. The first-order chi connectivity index (χ1) is 11.1. The minimum absolute atomic E-state index is 0.115. The van der Waals surface area contributed by atoms with Gasteiger partial charge in [0.15, 0.2) is 0 Å². The maximum Gasteiger partial charge on any atom is 0.268 e. The lowest BCUT2D eigenvalue weighted by molar-refractivity contribution is 0.0935. The van der Waals surface area contributed by atoms with Gasteiger partial charge in [-0.15, -0.1) is 0 Å². The Hall–Kier alpha value is -2.27. The first kappa shape index (κ1) is 15.6. The number of H-pyrrole nitrogens is 1. The molecule has 3 rings (SSSR count). The molecule has 4 nitrogen and oxygen atoms in total. The van der Waals surface area contributed by atoms with E-state index in [1.54, 1.807) is 7.11 Å². The Kier molecular flexibility index (Phi) is 4.39. The van der Waals surface area contributed by atoms with Gasteiger partial charge < -0.3 is 15.0 Å². The molecule has 1 heterocycles. The molecule has 0 aliphatic heterocycles. The first-order valence-corrected chi connectivity index (χ1v) is 8.10. The first-order valence-electron chi connectivity index (χ1n) is 7.30. The van der Waals surface area contributed by atoms with Crippen LogP contribution in [-0.2, 0) is 0 Å². The zero-order chi connectivity index (χ0) is 16.4. The Morgan fingerprint density at radius 3 is 2.70 bits per heavy atom. The minimum Gasteiger partial charge on any atom is -0.496 e. The van der Waals surface area contributed by atoms with Crippen molar-refractivity contribution in [1.29, 1.82) is 0 Å². The van der Waals surface area contributed by atoms with Crippen molar-refractivity contribution < 1.29 is 9.53 Å². The summed E-state index contributed by atoms with van der Waals surface area (Å²) in [5.41, 5.74) is 2.52. The Morgan fingerprint density at radius 2 is 2.00 bits per heavy atom. The van der Waals surface area contributed by atoms with E-state index in [2.05, 4.69) is 26.2 Å². The van der Waals surface area contributed by atoms with Crippen LogP contribution in [0.2, 0.25) is 0 Å². The molecule has 1 amide bonds. The average molecular weight is 373 g/mol. The number of nitrogens with one attached hydrogen (secondary N) is 2. The summed E-state index contributed by atoms with van der Waals surface area (Å²) in [7, 11) is 1.63. The molecule has 0 aliphatic rings. The summed E-state index contributed by atoms with van der Waals surface area (Å²) in [4.78, 5) is 15.6. The molecule has 3 aromatic rings. The van der Waals surface area contributed by atoms with E-state index in [1.807, 2.05) is 55.5 Å². The van der Waals surface area contributed by atoms with Crippen molar-refractivity contribution in [3.05, 3.63) is 64.3 Å². The minimum atomic E-state index is -0.124. The number of carbonyl (C=O) groups is 1. The summed E-state index contributed by atoms with van der Waals surface area (Å²) in [6.07, 6.45) is 0. The summed E-state index contributed by atoms with van der Waals surface area (Å²) in [6.45, 7) is 1.95. The largest absolute Gasteiger partial charge is 0.496 e. The van der Waals surface area contributed by atoms with Crippen LogP contribution in [-0.4, -0.2) is 18.0 Å². The van der Waals surface area contributed by atoms with E-state index in [1.165, 1.54) is 0 Å². The Bertz CT molecular complexity index is 824. The standard InChI is InChI=1S/C18H17BrN2O2/c1-11(12-7-8-17(23-2)14(19)9-12)20-18(22)16-10-13-5-3-4-6-15(13)21-16/h3-11,21H,1-2H3,(H,20,22)/t11-/m0/s1. The van der Waals surface area contributed by atoms with E-state index < -0.39 is 0 Å². The van der Waals surface area contributed by atoms with Crippen molar-refractivity contribution in [2.24, 2.45) is 0 Å². The molecular weight excluding hydrogens is 356 g/mol. The number of carbonyl (C=O) groups excluding carboxylic acids is 1. The van der Waals surface area contributed by atoms with Crippen LogP contribution in [0, 0.1) is 0 Å². The maximum atomic E-state index is 12.4. The number of amides is 1. The third kappa shape index (κ3) is 3.24. The fraction of sp³-hybridized carbons (Fsp3) is 0.167. The summed E-state index contributed by atoms with van der Waals surface area (Å²) in [5, 5.41) is 4.03. The Morgan fingerprint density at radius 1 is 1.22 bits per heavy atom. The number of halogens is 1. The molecule has 118 valence electrons. The van der Waals surface area contributed by atoms with Crippen molar-refractivity contribution in [1.82, 2.24) is 10.3 Å². The second kappa shape index (κ2) is 6.46. The summed E-state index contributed by atoms with van der Waals surface area (Å²) < 4.78 is 6.09. The zero-order valence-electron chi connectivity index (χ0n) is 12.9. The molecule has 2 N–H and O–H groups in total. The Balaban J connectivity index is 1.77. The number of benzene rings is 2. The summed E-state index contributed by atoms with van der Waals surface area (Å²) in [6, 6.07) is 15.4. The molecule has 0 bridgehead atoms. The lowest BCUT2D eigenvalue weighted by Crippen LogP contribution is -2.26. The van der Waals surface area contributed by atoms with Gasteiger partial charge in [-0.1, -0.05) is 24.3 Å². The predicted molar refractivity (Wildman–Crippen MR) is 94.9 cm³/mol. The number of hydrogen-bond donors (Lipinski definition) is 2. The van der Waals surface area contributed by atoms with Crippen LogP contribution < -0.4 is 10.1 Å². The molecule has 1 aromatic heterocycles. The monoisotopic (exact) mass is 372 g/mol. The third-order valence-electron chi connectivity index (χ3n) is 3.80. The van der Waals surface area contributed by atoms with Crippen LogP contribution in [0.15, 0.2) is 53.0 Å². The smallest absolute Gasteiger partial charge is 0.268 e. The molecule has 0 saturated carbocycles. The van der Waals surface area contributed by atoms with Gasteiger partial charge in [-0.05, 0) is 52.7 Å². The van der Waals surface area contributed by atoms with Gasteiger partial charge in [0.2, 0.25) is 0 Å². The number of rotatable bonds is 4. The van der Waals surface area contributed by atoms with Crippen LogP contribution in [0.3, 0.4) is 0 Å². The molecule has 2 aromatic carbocycles. The molecule has 0 fully saturated rings. The number of hydrogen-bond acceptors (Lipinski definition) is 2. The summed E-state index contributed by atoms with van der Waals surface area (Å²) >= 11 is 3.47. The lowest BCUT2D eigenvalue weighted by atomic mass is 10.1. The van der Waals surface area contributed by atoms with Crippen molar-refractivity contribution in [3.8, 4) is 5.75 Å². The van der Waals surface area contributed by atoms with Gasteiger partial charge in [0.25, 0.3) is 5.91 Å². The maximum absolute atomic E-state index is 12.4. The van der Waals surface area contributed by atoms with Gasteiger partial charge in [0.05, 0.1) is 17.6 Å². The van der Waals surface area contributed by atoms with Crippen LogP contribution >= 0.6 is 15.9 Å². The number of para-hydroxylation sites is 1. The molecular formula is C18H17BrN2O2. The SMILES string of the molecule is COc1ccc([C@H](C)NC(=O)c2cc3ccccc3[nH]2)cc1Br. The molecule has 0 unspecified atom stereocenters. The number of fused-ring (bicyclic) bond motifs is 1. The summed E-state index contributed by atoms with van der Waals surface area (Å²) in [5.74, 6) is 0.642. The highest BCUT2D eigenvalue weighted by atomic mass is 79.9. The second-order valence-electron chi connectivity index (χ2n) is 5.36. The van der Waals surface area contributed by atoms with Crippen molar-refractivity contribution in [3.63, 3.8) is 0 Å². The van der Waals surface area contributed by atoms with Crippen molar-refractivity contribution in [2.75, 3.05) is 7.11 Å². The normalized spacial score (nSPS) is 12.1. The van der Waals surface area contributed by atoms with Gasteiger partial charge in [-0.2, -0.15) is 0 Å². The third-order valence-corrected chi connectivity index (χ3v) is 4.42. The molecule has 0 aliphatic carbocycles. The zero-order valence-corrected chi connectivity index (χ0v) is 14.5. The van der Waals surface area contributed by atoms with E-state index in [0.29, 0.717) is 5.69 Å². The van der Waals surface area contributed by atoms with Crippen LogP contribution in [0.4, 0.5) is 0 Å². The highest BCUT2D eigenvalue weighted by Crippen LogP contribution is 2.28. The predicted octanol–water partition coefficient (Wildman–Crippen LogP) is 4.43. The van der Waals surface area contributed by atoms with E-state index in [0.717, 1.165) is 26.7 Å². The highest BCUT2D eigenvalue weighted by molar-refractivity contribution is 9.10. The average Bonchev–Trinajstić information content (AvgIpc) is 2.99. The van der Waals surface area contributed by atoms with Gasteiger partial charge in [0.1, 0.15) is 11.4 Å².